The molecule has 2 N–H and O–H groups in total. The summed E-state index contributed by atoms with van der Waals surface area (Å²) in [7, 11) is 0. The highest BCUT2D eigenvalue weighted by atomic mass is 32.1. The minimum Gasteiger partial charge on any atom is -0.360 e. The van der Waals surface area contributed by atoms with Gasteiger partial charge in [0.1, 0.15) is 0 Å². The standard InChI is InChI=1S/C9H11N5S/c1-2-8-12-13-9(15)14(8)11-6-7-4-3-5-10-7/h3-6,10H,2H2,1H3,(H,13,15)/b11-6+. The molecule has 0 fully saturated rings. The normalized spacial score (nSPS) is 11.3. The number of H-pyrrole nitrogens is 2. The second kappa shape index (κ2) is 4.22. The molecule has 0 radical (unpaired) electrons. The number of hydrogen-bond acceptors (Lipinski definition) is 3. The molecule has 0 aliphatic rings. The van der Waals surface area contributed by atoms with Gasteiger partial charge in [0.05, 0.1) is 11.9 Å². The molecular weight excluding hydrogens is 210 g/mol. The number of rotatable bonds is 3. The van der Waals surface area contributed by atoms with Gasteiger partial charge in [-0.05, 0) is 24.4 Å². The van der Waals surface area contributed by atoms with Crippen LogP contribution in [0.5, 0.6) is 0 Å². The number of aryl methyl sites for hydroxylation is 1. The van der Waals surface area contributed by atoms with E-state index in [0.717, 1.165) is 17.9 Å². The Kier molecular flexibility index (Phi) is 2.77. The van der Waals surface area contributed by atoms with Gasteiger partial charge in [0.15, 0.2) is 5.82 Å². The van der Waals surface area contributed by atoms with Gasteiger partial charge >= 0.3 is 0 Å². The average molecular weight is 221 g/mol. The third-order valence-electron chi connectivity index (χ3n) is 1.97. The molecule has 0 spiro atoms. The van der Waals surface area contributed by atoms with Crippen LogP contribution in [0.4, 0.5) is 0 Å². The first kappa shape index (κ1) is 9.85. The highest BCUT2D eigenvalue weighted by molar-refractivity contribution is 7.71. The lowest BCUT2D eigenvalue weighted by Crippen LogP contribution is -1.97. The predicted molar refractivity (Wildman–Crippen MR) is 60.6 cm³/mol. The van der Waals surface area contributed by atoms with Gasteiger partial charge in [-0.25, -0.2) is 0 Å². The number of aromatic amines is 2. The maximum Gasteiger partial charge on any atom is 0.216 e. The van der Waals surface area contributed by atoms with Crippen LogP contribution in [0.25, 0.3) is 0 Å². The summed E-state index contributed by atoms with van der Waals surface area (Å²) in [6.07, 6.45) is 4.34. The summed E-state index contributed by atoms with van der Waals surface area (Å²) in [6.45, 7) is 2.01. The molecule has 5 nitrogen and oxygen atoms in total. The van der Waals surface area contributed by atoms with E-state index in [9.17, 15) is 0 Å². The molecule has 0 aliphatic heterocycles. The topological polar surface area (TPSA) is 61.8 Å². The molecule has 6 heteroatoms. The van der Waals surface area contributed by atoms with E-state index >= 15 is 0 Å². The van der Waals surface area contributed by atoms with Gasteiger partial charge < -0.3 is 4.98 Å². The Hall–Kier alpha value is -1.69. The summed E-state index contributed by atoms with van der Waals surface area (Å²) in [5, 5.41) is 11.0. The van der Waals surface area contributed by atoms with Crippen molar-refractivity contribution in [1.82, 2.24) is 19.9 Å². The molecule has 0 saturated carbocycles. The van der Waals surface area contributed by atoms with Crippen LogP contribution in [0.3, 0.4) is 0 Å². The van der Waals surface area contributed by atoms with Gasteiger partial charge in [0, 0.05) is 12.6 Å². The zero-order chi connectivity index (χ0) is 10.7. The summed E-state index contributed by atoms with van der Waals surface area (Å²) < 4.78 is 2.13. The Morgan fingerprint density at radius 2 is 2.53 bits per heavy atom. The zero-order valence-electron chi connectivity index (χ0n) is 8.27. The Balaban J connectivity index is 2.31. The van der Waals surface area contributed by atoms with Crippen LogP contribution in [-0.4, -0.2) is 26.1 Å². The Morgan fingerprint density at radius 3 is 3.20 bits per heavy atom. The molecule has 2 aromatic heterocycles. The van der Waals surface area contributed by atoms with Crippen molar-refractivity contribution in [2.75, 3.05) is 0 Å². The van der Waals surface area contributed by atoms with Crippen molar-refractivity contribution in [2.45, 2.75) is 13.3 Å². The van der Waals surface area contributed by atoms with E-state index in [1.165, 1.54) is 0 Å². The van der Waals surface area contributed by atoms with E-state index in [1.807, 2.05) is 25.3 Å². The molecule has 2 rings (SSSR count). The molecule has 0 aliphatic carbocycles. The molecule has 0 saturated heterocycles. The second-order valence-corrected chi connectivity index (χ2v) is 3.37. The summed E-state index contributed by atoms with van der Waals surface area (Å²) in [5.41, 5.74) is 0.931. The van der Waals surface area contributed by atoms with Crippen molar-refractivity contribution in [1.29, 1.82) is 0 Å². The Morgan fingerprint density at radius 1 is 1.67 bits per heavy atom. The van der Waals surface area contributed by atoms with Crippen LogP contribution >= 0.6 is 12.2 Å². The summed E-state index contributed by atoms with van der Waals surface area (Å²) in [6, 6.07) is 3.84. The molecule has 0 bridgehead atoms. The van der Waals surface area contributed by atoms with Crippen molar-refractivity contribution in [2.24, 2.45) is 5.10 Å². The van der Waals surface area contributed by atoms with E-state index in [1.54, 1.807) is 10.9 Å². The molecule has 0 atom stereocenters. The molecule has 15 heavy (non-hydrogen) atoms. The Bertz CT molecular complexity index is 505. The molecule has 0 aromatic carbocycles. The van der Waals surface area contributed by atoms with Gasteiger partial charge in [-0.15, -0.1) is 0 Å². The number of nitrogens with zero attached hydrogens (tertiary/aromatic N) is 3. The average Bonchev–Trinajstić information content (AvgIpc) is 2.84. The van der Waals surface area contributed by atoms with Gasteiger partial charge in [0.2, 0.25) is 4.77 Å². The lowest BCUT2D eigenvalue weighted by Gasteiger charge is -1.95. The van der Waals surface area contributed by atoms with Gasteiger partial charge in [-0.3, -0.25) is 5.10 Å². The molecule has 78 valence electrons. The molecule has 0 unspecified atom stereocenters. The summed E-state index contributed by atoms with van der Waals surface area (Å²) in [5.74, 6) is 0.822. The summed E-state index contributed by atoms with van der Waals surface area (Å²) in [4.78, 5) is 3.03. The first-order valence-electron chi connectivity index (χ1n) is 4.65. The quantitative estimate of drug-likeness (QED) is 0.612. The van der Waals surface area contributed by atoms with Crippen LogP contribution in [0.15, 0.2) is 23.4 Å². The predicted octanol–water partition coefficient (Wildman–Crippen LogP) is 1.71. The third kappa shape index (κ3) is 2.04. The maximum atomic E-state index is 5.05. The monoisotopic (exact) mass is 221 g/mol. The SMILES string of the molecule is CCc1n[nH]c(=S)n1/N=C/c1ccc[nH]1. The first-order valence-corrected chi connectivity index (χ1v) is 5.06. The maximum absolute atomic E-state index is 5.05. The number of aromatic nitrogens is 4. The largest absolute Gasteiger partial charge is 0.360 e. The first-order chi connectivity index (χ1) is 7.31. The third-order valence-corrected chi connectivity index (χ3v) is 2.23. The second-order valence-electron chi connectivity index (χ2n) is 2.98. The lowest BCUT2D eigenvalue weighted by molar-refractivity contribution is 0.780. The minimum atomic E-state index is 0.509. The fourth-order valence-corrected chi connectivity index (χ4v) is 1.41. The van der Waals surface area contributed by atoms with Gasteiger partial charge in [-0.2, -0.15) is 14.9 Å². The van der Waals surface area contributed by atoms with E-state index in [-0.39, 0.29) is 0 Å². The number of hydrogen-bond donors (Lipinski definition) is 2. The minimum absolute atomic E-state index is 0.509. The van der Waals surface area contributed by atoms with Gasteiger partial charge in [-0.1, -0.05) is 6.92 Å². The van der Waals surface area contributed by atoms with Crippen molar-refractivity contribution in [3.05, 3.63) is 34.6 Å². The van der Waals surface area contributed by atoms with E-state index < -0.39 is 0 Å². The summed E-state index contributed by atoms with van der Waals surface area (Å²) >= 11 is 5.05. The van der Waals surface area contributed by atoms with Crippen LogP contribution in [0.1, 0.15) is 18.4 Å². The highest BCUT2D eigenvalue weighted by Gasteiger charge is 2.00. The van der Waals surface area contributed by atoms with Crippen molar-refractivity contribution in [3.8, 4) is 0 Å². The van der Waals surface area contributed by atoms with Gasteiger partial charge in [0.25, 0.3) is 0 Å². The van der Waals surface area contributed by atoms with Crippen LogP contribution in [0.2, 0.25) is 0 Å². The molecular formula is C9H11N5S. The van der Waals surface area contributed by atoms with Crippen LogP contribution in [0, 0.1) is 4.77 Å². The smallest absolute Gasteiger partial charge is 0.216 e. The fourth-order valence-electron chi connectivity index (χ4n) is 1.22. The van der Waals surface area contributed by atoms with Crippen LogP contribution in [-0.2, 0) is 6.42 Å². The van der Waals surface area contributed by atoms with Crippen molar-refractivity contribution < 1.29 is 0 Å². The lowest BCUT2D eigenvalue weighted by atomic mass is 10.5. The van der Waals surface area contributed by atoms with E-state index in [0.29, 0.717) is 4.77 Å². The fraction of sp³-hybridized carbons (Fsp3) is 0.222. The van der Waals surface area contributed by atoms with Crippen molar-refractivity contribution >= 4 is 18.4 Å². The molecule has 0 amide bonds. The Labute approximate surface area is 91.8 Å². The highest BCUT2D eigenvalue weighted by Crippen LogP contribution is 1.98. The van der Waals surface area contributed by atoms with E-state index in [2.05, 4.69) is 20.3 Å². The van der Waals surface area contributed by atoms with Crippen molar-refractivity contribution in [3.63, 3.8) is 0 Å². The molecule has 2 heterocycles. The van der Waals surface area contributed by atoms with E-state index in [4.69, 9.17) is 12.2 Å². The van der Waals surface area contributed by atoms with Crippen LogP contribution < -0.4 is 0 Å². The number of nitrogens with one attached hydrogen (secondary N) is 2. The molecule has 2 aromatic rings. The zero-order valence-corrected chi connectivity index (χ0v) is 9.08.